The third kappa shape index (κ3) is 3.44. The number of benzene rings is 2. The van der Waals surface area contributed by atoms with E-state index in [0.717, 1.165) is 0 Å². The lowest BCUT2D eigenvalue weighted by atomic mass is 9.79. The molecule has 8 heteroatoms. The Morgan fingerprint density at radius 3 is 2.36 bits per heavy atom. The van der Waals surface area contributed by atoms with Gasteiger partial charge in [-0.3, -0.25) is 0 Å². The highest BCUT2D eigenvalue weighted by Crippen LogP contribution is 2.41. The second-order valence-corrected chi connectivity index (χ2v) is 6.69. The van der Waals surface area contributed by atoms with Crippen LogP contribution in [0.25, 0.3) is 0 Å². The van der Waals surface area contributed by atoms with E-state index in [-0.39, 0.29) is 36.0 Å². The topological polar surface area (TPSA) is 126 Å². The summed E-state index contributed by atoms with van der Waals surface area (Å²) >= 11 is 0. The van der Waals surface area contributed by atoms with E-state index in [1.165, 1.54) is 44.6 Å². The van der Waals surface area contributed by atoms with Gasteiger partial charge in [-0.15, -0.1) is 0 Å². The van der Waals surface area contributed by atoms with Gasteiger partial charge in [0, 0.05) is 6.42 Å². The van der Waals surface area contributed by atoms with Crippen molar-refractivity contribution in [2.75, 3.05) is 20.8 Å². The highest BCUT2D eigenvalue weighted by molar-refractivity contribution is 5.82. The second kappa shape index (κ2) is 7.57. The minimum Gasteiger partial charge on any atom is -0.504 e. The Balaban J connectivity index is 1.91. The smallest absolute Gasteiger partial charge is 0.339 e. The van der Waals surface area contributed by atoms with Crippen molar-refractivity contribution in [2.45, 2.75) is 18.1 Å². The lowest BCUT2D eigenvalue weighted by Gasteiger charge is -2.29. The number of aliphatic hydroxyl groups is 2. The summed E-state index contributed by atoms with van der Waals surface area (Å²) < 4.78 is 15.1. The highest BCUT2D eigenvalue weighted by Gasteiger charge is 2.54. The quantitative estimate of drug-likeness (QED) is 0.544. The molecule has 0 bridgehead atoms. The van der Waals surface area contributed by atoms with Crippen LogP contribution < -0.4 is 9.47 Å². The summed E-state index contributed by atoms with van der Waals surface area (Å²) in [5.74, 6) is -1.59. The van der Waals surface area contributed by atoms with E-state index in [0.29, 0.717) is 11.1 Å². The van der Waals surface area contributed by atoms with Gasteiger partial charge in [0.2, 0.25) is 0 Å². The molecule has 2 aromatic rings. The molecule has 0 saturated carbocycles. The minimum absolute atomic E-state index is 0.0694. The molecule has 0 amide bonds. The van der Waals surface area contributed by atoms with Gasteiger partial charge in [-0.1, -0.05) is 12.1 Å². The van der Waals surface area contributed by atoms with Gasteiger partial charge < -0.3 is 34.6 Å². The molecule has 28 heavy (non-hydrogen) atoms. The predicted molar refractivity (Wildman–Crippen MR) is 97.4 cm³/mol. The third-order valence-corrected chi connectivity index (χ3v) is 5.01. The van der Waals surface area contributed by atoms with Crippen LogP contribution >= 0.6 is 0 Å². The number of cyclic esters (lactones) is 1. The number of aromatic hydroxyl groups is 2. The Morgan fingerprint density at radius 1 is 1.11 bits per heavy atom. The van der Waals surface area contributed by atoms with Crippen molar-refractivity contribution in [2.24, 2.45) is 5.92 Å². The van der Waals surface area contributed by atoms with Crippen LogP contribution in [0.3, 0.4) is 0 Å². The Labute approximate surface area is 161 Å². The molecule has 2 aromatic carbocycles. The van der Waals surface area contributed by atoms with Crippen LogP contribution in [-0.2, 0) is 16.0 Å². The number of hydrogen-bond acceptors (Lipinski definition) is 8. The molecule has 1 fully saturated rings. The maximum Gasteiger partial charge on any atom is 0.339 e. The number of hydrogen-bond donors (Lipinski definition) is 4. The maximum absolute atomic E-state index is 12.3. The van der Waals surface area contributed by atoms with E-state index < -0.39 is 23.6 Å². The molecular formula is C20H22O8. The number of phenols is 2. The molecule has 1 heterocycles. The molecule has 0 unspecified atom stereocenters. The lowest BCUT2D eigenvalue weighted by molar-refractivity contribution is -0.155. The average molecular weight is 390 g/mol. The number of esters is 1. The van der Waals surface area contributed by atoms with Crippen LogP contribution in [0.15, 0.2) is 36.4 Å². The van der Waals surface area contributed by atoms with Gasteiger partial charge in [0.25, 0.3) is 0 Å². The van der Waals surface area contributed by atoms with Crippen molar-refractivity contribution in [3.05, 3.63) is 47.5 Å². The first-order chi connectivity index (χ1) is 13.3. The number of carbonyl (C=O) groups excluding carboxylic acids is 1. The highest BCUT2D eigenvalue weighted by atomic mass is 16.6. The summed E-state index contributed by atoms with van der Waals surface area (Å²) in [5.41, 5.74) is -1.09. The van der Waals surface area contributed by atoms with Gasteiger partial charge in [-0.25, -0.2) is 4.79 Å². The summed E-state index contributed by atoms with van der Waals surface area (Å²) in [6.07, 6.45) is -1.38. The fraction of sp³-hybridized carbons (Fsp3) is 0.350. The molecule has 3 atom stereocenters. The fourth-order valence-corrected chi connectivity index (χ4v) is 3.39. The number of phenolic OH excluding ortho intramolecular Hbond substituents is 2. The monoisotopic (exact) mass is 390 g/mol. The van der Waals surface area contributed by atoms with Crippen LogP contribution in [0.5, 0.6) is 23.0 Å². The molecule has 0 aliphatic carbocycles. The van der Waals surface area contributed by atoms with E-state index in [1.807, 2.05) is 0 Å². The molecule has 1 aliphatic rings. The summed E-state index contributed by atoms with van der Waals surface area (Å²) in [5, 5.41) is 41.4. The first kappa shape index (κ1) is 19.8. The maximum atomic E-state index is 12.3. The van der Waals surface area contributed by atoms with E-state index >= 15 is 0 Å². The van der Waals surface area contributed by atoms with E-state index in [4.69, 9.17) is 14.2 Å². The molecular weight excluding hydrogens is 368 g/mol. The van der Waals surface area contributed by atoms with E-state index in [1.54, 1.807) is 6.07 Å². The molecule has 4 N–H and O–H groups in total. The van der Waals surface area contributed by atoms with Gasteiger partial charge in [0.15, 0.2) is 28.6 Å². The molecule has 1 saturated heterocycles. The predicted octanol–water partition coefficient (Wildman–Crippen LogP) is 1.30. The molecule has 0 aromatic heterocycles. The zero-order valence-electron chi connectivity index (χ0n) is 15.5. The molecule has 0 spiro atoms. The number of aliphatic hydroxyl groups excluding tert-OH is 1. The Morgan fingerprint density at radius 2 is 1.71 bits per heavy atom. The zero-order valence-corrected chi connectivity index (χ0v) is 15.5. The zero-order chi connectivity index (χ0) is 20.5. The van der Waals surface area contributed by atoms with Crippen molar-refractivity contribution in [3.63, 3.8) is 0 Å². The summed E-state index contributed by atoms with van der Waals surface area (Å²) in [6, 6.07) is 8.73. The lowest BCUT2D eigenvalue weighted by Crippen LogP contribution is -2.45. The van der Waals surface area contributed by atoms with Gasteiger partial charge in [-0.05, 0) is 35.4 Å². The summed E-state index contributed by atoms with van der Waals surface area (Å²) in [4.78, 5) is 12.3. The standard InChI is InChI=1S/C20H22O8/c1-26-16-7-11(3-5-14(16)21)9-20(25)13(10-28-19(20)24)18(23)12-4-6-15(22)17(8-12)27-2/h3-8,13,18,21-23,25H,9-10H2,1-2H3/t13-,18+,20+/m1/s1. The van der Waals surface area contributed by atoms with Gasteiger partial charge >= 0.3 is 5.97 Å². The molecule has 150 valence electrons. The molecule has 3 rings (SSSR count). The number of methoxy groups -OCH3 is 2. The molecule has 1 aliphatic heterocycles. The van der Waals surface area contributed by atoms with Crippen LogP contribution in [0.4, 0.5) is 0 Å². The normalized spacial score (nSPS) is 22.6. The van der Waals surface area contributed by atoms with Crippen molar-refractivity contribution >= 4 is 5.97 Å². The van der Waals surface area contributed by atoms with Crippen LogP contribution in [0, 0.1) is 5.92 Å². The third-order valence-electron chi connectivity index (χ3n) is 5.01. The molecule has 8 nitrogen and oxygen atoms in total. The van der Waals surface area contributed by atoms with E-state index in [2.05, 4.69) is 0 Å². The second-order valence-electron chi connectivity index (χ2n) is 6.69. The summed E-state index contributed by atoms with van der Waals surface area (Å²) in [6.45, 7) is -0.172. The van der Waals surface area contributed by atoms with Crippen molar-refractivity contribution in [3.8, 4) is 23.0 Å². The first-order valence-corrected chi connectivity index (χ1v) is 8.60. The Bertz CT molecular complexity index is 881. The first-order valence-electron chi connectivity index (χ1n) is 8.60. The average Bonchev–Trinajstić information content (AvgIpc) is 2.97. The van der Waals surface area contributed by atoms with Crippen molar-refractivity contribution in [1.82, 2.24) is 0 Å². The largest absolute Gasteiger partial charge is 0.504 e. The SMILES string of the molecule is COc1cc(C[C@@]2(O)C(=O)OC[C@@H]2[C@@H](O)c2ccc(O)c(OC)c2)ccc1O. The minimum atomic E-state index is -1.98. The van der Waals surface area contributed by atoms with Gasteiger partial charge in [0.1, 0.15) is 6.61 Å². The number of rotatable bonds is 6. The Kier molecular flexibility index (Phi) is 5.35. The molecule has 0 radical (unpaired) electrons. The van der Waals surface area contributed by atoms with Crippen LogP contribution in [0.2, 0.25) is 0 Å². The fourth-order valence-electron chi connectivity index (χ4n) is 3.39. The van der Waals surface area contributed by atoms with Gasteiger partial charge in [0.05, 0.1) is 26.2 Å². The Hall–Kier alpha value is -2.97. The van der Waals surface area contributed by atoms with Gasteiger partial charge in [-0.2, -0.15) is 0 Å². The number of carbonyl (C=O) groups is 1. The van der Waals surface area contributed by atoms with Crippen LogP contribution in [0.1, 0.15) is 17.2 Å². The number of ether oxygens (including phenoxy) is 3. The van der Waals surface area contributed by atoms with Crippen LogP contribution in [-0.4, -0.2) is 52.8 Å². The van der Waals surface area contributed by atoms with Crippen molar-refractivity contribution < 1.29 is 39.4 Å². The van der Waals surface area contributed by atoms with Crippen molar-refractivity contribution in [1.29, 1.82) is 0 Å². The summed E-state index contributed by atoms with van der Waals surface area (Å²) in [7, 11) is 2.77. The van der Waals surface area contributed by atoms with E-state index in [9.17, 15) is 25.2 Å².